The fraction of sp³-hybridized carbons (Fsp3) is 0.154. The van der Waals surface area contributed by atoms with Gasteiger partial charge in [0, 0.05) is 12.2 Å². The minimum atomic E-state index is -0.119. The molecule has 19 heavy (non-hydrogen) atoms. The van der Waals surface area contributed by atoms with Crippen molar-refractivity contribution in [2.24, 2.45) is 0 Å². The van der Waals surface area contributed by atoms with Gasteiger partial charge < -0.3 is 15.4 Å². The normalized spacial score (nSPS) is 13.4. The summed E-state index contributed by atoms with van der Waals surface area (Å²) in [4.78, 5) is 11.3. The fourth-order valence-corrected chi connectivity index (χ4v) is 3.04. The molecule has 3 rings (SSSR count). The lowest BCUT2D eigenvalue weighted by molar-refractivity contribution is -0.118. The van der Waals surface area contributed by atoms with Crippen LogP contribution in [0.5, 0.6) is 5.75 Å². The molecule has 1 amide bonds. The molecule has 0 radical (unpaired) electrons. The van der Waals surface area contributed by atoms with Crippen LogP contribution in [-0.2, 0) is 11.3 Å². The molecule has 4 nitrogen and oxygen atoms in total. The number of carbonyl (C=O) groups excluding carboxylic acids is 1. The molecule has 0 saturated carbocycles. The van der Waals surface area contributed by atoms with Crippen LogP contribution in [0.4, 0.5) is 11.4 Å². The second-order valence-corrected chi connectivity index (χ2v) is 6.45. The van der Waals surface area contributed by atoms with Crippen molar-refractivity contribution in [3.8, 4) is 5.75 Å². The molecule has 1 aromatic carbocycles. The lowest BCUT2D eigenvalue weighted by Crippen LogP contribution is -2.25. The summed E-state index contributed by atoms with van der Waals surface area (Å²) in [6.45, 7) is 0.832. The Morgan fingerprint density at radius 1 is 1.42 bits per heavy atom. The minimum absolute atomic E-state index is 0.0860. The van der Waals surface area contributed by atoms with Crippen LogP contribution in [0.2, 0.25) is 0 Å². The zero-order valence-electron chi connectivity index (χ0n) is 9.90. The summed E-state index contributed by atoms with van der Waals surface area (Å²) >= 11 is 5.10. The monoisotopic (exact) mass is 338 g/mol. The summed E-state index contributed by atoms with van der Waals surface area (Å²) in [6, 6.07) is 7.77. The van der Waals surface area contributed by atoms with E-state index in [9.17, 15) is 4.79 Å². The number of halogens is 1. The number of carbonyl (C=O) groups is 1. The van der Waals surface area contributed by atoms with E-state index in [4.69, 9.17) is 4.74 Å². The first-order valence-corrected chi connectivity index (χ1v) is 7.41. The summed E-state index contributed by atoms with van der Waals surface area (Å²) in [5.41, 5.74) is 2.88. The van der Waals surface area contributed by atoms with Gasteiger partial charge in [-0.2, -0.15) is 0 Å². The van der Waals surface area contributed by atoms with Gasteiger partial charge in [0.25, 0.3) is 5.91 Å². The Morgan fingerprint density at radius 2 is 2.32 bits per heavy atom. The average molecular weight is 339 g/mol. The summed E-state index contributed by atoms with van der Waals surface area (Å²) in [6.07, 6.45) is 0. The van der Waals surface area contributed by atoms with Gasteiger partial charge >= 0.3 is 0 Å². The van der Waals surface area contributed by atoms with E-state index in [1.165, 1.54) is 5.56 Å². The van der Waals surface area contributed by atoms with E-state index in [1.807, 2.05) is 18.2 Å². The Hall–Kier alpha value is -1.53. The number of hydrogen-bond donors (Lipinski definition) is 2. The fourth-order valence-electron chi connectivity index (χ4n) is 1.84. The summed E-state index contributed by atoms with van der Waals surface area (Å²) in [5, 5.41) is 8.21. The molecule has 6 heteroatoms. The molecule has 1 aliphatic heterocycles. The van der Waals surface area contributed by atoms with Gasteiger partial charge in [-0.25, -0.2) is 0 Å². The molecule has 0 fully saturated rings. The topological polar surface area (TPSA) is 50.4 Å². The van der Waals surface area contributed by atoms with E-state index in [-0.39, 0.29) is 12.5 Å². The summed E-state index contributed by atoms with van der Waals surface area (Å²) < 4.78 is 6.43. The molecule has 0 aliphatic carbocycles. The van der Waals surface area contributed by atoms with Gasteiger partial charge in [0.05, 0.1) is 9.47 Å². The van der Waals surface area contributed by atoms with Crippen LogP contribution in [0.25, 0.3) is 0 Å². The van der Waals surface area contributed by atoms with Crippen molar-refractivity contribution < 1.29 is 9.53 Å². The maximum absolute atomic E-state index is 11.3. The average Bonchev–Trinajstić information content (AvgIpc) is 2.81. The molecule has 98 valence electrons. The van der Waals surface area contributed by atoms with E-state index in [2.05, 4.69) is 38.0 Å². The number of amides is 1. The second kappa shape index (κ2) is 5.22. The number of ether oxygens (including phenoxy) is 1. The minimum Gasteiger partial charge on any atom is -0.482 e. The molecule has 0 saturated heterocycles. The Balaban J connectivity index is 1.71. The number of nitrogens with one attached hydrogen (secondary N) is 2. The third-order valence-electron chi connectivity index (χ3n) is 2.73. The van der Waals surface area contributed by atoms with E-state index in [0.717, 1.165) is 16.0 Å². The first-order chi connectivity index (χ1) is 9.20. The molecule has 0 unspecified atom stereocenters. The number of benzene rings is 1. The van der Waals surface area contributed by atoms with E-state index < -0.39 is 0 Å². The Morgan fingerprint density at radius 3 is 3.11 bits per heavy atom. The molecule has 2 aromatic rings. The smallest absolute Gasteiger partial charge is 0.262 e. The van der Waals surface area contributed by atoms with Gasteiger partial charge in [0.1, 0.15) is 5.75 Å². The highest BCUT2D eigenvalue weighted by Crippen LogP contribution is 2.30. The first-order valence-electron chi connectivity index (χ1n) is 5.74. The van der Waals surface area contributed by atoms with Gasteiger partial charge in [0.2, 0.25) is 0 Å². The van der Waals surface area contributed by atoms with E-state index >= 15 is 0 Å². The Labute approximate surface area is 122 Å². The van der Waals surface area contributed by atoms with Gasteiger partial charge in [-0.05, 0) is 51.1 Å². The van der Waals surface area contributed by atoms with Crippen molar-refractivity contribution >= 4 is 44.5 Å². The van der Waals surface area contributed by atoms with Gasteiger partial charge in [-0.15, -0.1) is 11.3 Å². The molecular weight excluding hydrogens is 328 g/mol. The van der Waals surface area contributed by atoms with E-state index in [1.54, 1.807) is 11.3 Å². The zero-order valence-corrected chi connectivity index (χ0v) is 12.3. The van der Waals surface area contributed by atoms with Crippen molar-refractivity contribution in [3.05, 3.63) is 39.0 Å². The highest BCUT2D eigenvalue weighted by molar-refractivity contribution is 9.11. The van der Waals surface area contributed by atoms with Crippen molar-refractivity contribution in [1.82, 2.24) is 0 Å². The number of thiophene rings is 1. The summed E-state index contributed by atoms with van der Waals surface area (Å²) in [7, 11) is 0. The van der Waals surface area contributed by atoms with Gasteiger partial charge in [-0.1, -0.05) is 0 Å². The van der Waals surface area contributed by atoms with Crippen LogP contribution >= 0.6 is 27.3 Å². The molecule has 2 heterocycles. The third kappa shape index (κ3) is 2.90. The number of hydrogen-bond acceptors (Lipinski definition) is 4. The standard InChI is InChI=1S/C13H11BrN2O2S/c14-12-3-8(7-19-12)5-15-9-1-2-11-10(4-9)16-13(17)6-18-11/h1-4,7,15H,5-6H2,(H,16,17). The van der Waals surface area contributed by atoms with Crippen LogP contribution in [0.3, 0.4) is 0 Å². The number of rotatable bonds is 3. The van der Waals surface area contributed by atoms with Crippen molar-refractivity contribution in [2.75, 3.05) is 17.2 Å². The van der Waals surface area contributed by atoms with Crippen LogP contribution in [0.1, 0.15) is 5.56 Å². The van der Waals surface area contributed by atoms with Crippen LogP contribution in [0, 0.1) is 0 Å². The molecular formula is C13H11BrN2O2S. The van der Waals surface area contributed by atoms with Crippen molar-refractivity contribution in [1.29, 1.82) is 0 Å². The molecule has 2 N–H and O–H groups in total. The van der Waals surface area contributed by atoms with Crippen LogP contribution in [-0.4, -0.2) is 12.5 Å². The van der Waals surface area contributed by atoms with Gasteiger partial charge in [0.15, 0.2) is 6.61 Å². The first kappa shape index (κ1) is 12.5. The predicted octanol–water partition coefficient (Wildman–Crippen LogP) is 3.45. The number of fused-ring (bicyclic) bond motifs is 1. The number of anilines is 2. The summed E-state index contributed by atoms with van der Waals surface area (Å²) in [5.74, 6) is 0.592. The van der Waals surface area contributed by atoms with E-state index in [0.29, 0.717) is 11.4 Å². The molecule has 1 aliphatic rings. The maximum atomic E-state index is 11.3. The lowest BCUT2D eigenvalue weighted by atomic mass is 10.2. The molecule has 0 bridgehead atoms. The lowest BCUT2D eigenvalue weighted by Gasteiger charge is -2.18. The quantitative estimate of drug-likeness (QED) is 0.901. The largest absolute Gasteiger partial charge is 0.482 e. The Kier molecular flexibility index (Phi) is 3.44. The second-order valence-electron chi connectivity index (χ2n) is 4.16. The predicted molar refractivity (Wildman–Crippen MR) is 79.9 cm³/mol. The molecule has 1 aromatic heterocycles. The molecule has 0 atom stereocenters. The van der Waals surface area contributed by atoms with Crippen molar-refractivity contribution in [3.63, 3.8) is 0 Å². The van der Waals surface area contributed by atoms with Crippen molar-refractivity contribution in [2.45, 2.75) is 6.54 Å². The van der Waals surface area contributed by atoms with Crippen LogP contribution in [0.15, 0.2) is 33.4 Å². The van der Waals surface area contributed by atoms with Crippen LogP contribution < -0.4 is 15.4 Å². The maximum Gasteiger partial charge on any atom is 0.262 e. The highest BCUT2D eigenvalue weighted by Gasteiger charge is 2.15. The third-order valence-corrected chi connectivity index (χ3v) is 4.28. The highest BCUT2D eigenvalue weighted by atomic mass is 79.9. The van der Waals surface area contributed by atoms with Gasteiger partial charge in [-0.3, -0.25) is 4.79 Å². The SMILES string of the molecule is O=C1COc2ccc(NCc3csc(Br)c3)cc2N1. The molecule has 0 spiro atoms. The zero-order chi connectivity index (χ0) is 13.2. The Bertz CT molecular complexity index is 627.